The largest absolute Gasteiger partial charge is 0.384 e. The summed E-state index contributed by atoms with van der Waals surface area (Å²) < 4.78 is 20.4. The monoisotopic (exact) mass is 363 g/mol. The Morgan fingerprint density at radius 1 is 1.44 bits per heavy atom. The van der Waals surface area contributed by atoms with Crippen LogP contribution in [0.15, 0.2) is 31.2 Å². The number of ether oxygens (including phenoxy) is 3. The Hall–Kier alpha value is -1.47. The lowest BCUT2D eigenvalue weighted by Gasteiger charge is -2.35. The maximum Gasteiger partial charge on any atom is 0.176 e. The van der Waals surface area contributed by atoms with Crippen molar-refractivity contribution in [2.45, 2.75) is 44.3 Å². The molecule has 6 nitrogen and oxygen atoms in total. The van der Waals surface area contributed by atoms with Crippen LogP contribution in [0.2, 0.25) is 5.15 Å². The summed E-state index contributed by atoms with van der Waals surface area (Å²) in [6.45, 7) is 8.45. The molecule has 4 rings (SSSR count). The van der Waals surface area contributed by atoms with Crippen molar-refractivity contribution in [1.29, 1.82) is 0 Å². The minimum atomic E-state index is -0.722. The van der Waals surface area contributed by atoms with Gasteiger partial charge in [0.2, 0.25) is 0 Å². The van der Waals surface area contributed by atoms with Crippen LogP contribution in [0.3, 0.4) is 0 Å². The highest BCUT2D eigenvalue weighted by atomic mass is 35.5. The summed E-state index contributed by atoms with van der Waals surface area (Å²) >= 11 is 6.23. The van der Waals surface area contributed by atoms with Crippen LogP contribution in [0.1, 0.15) is 26.7 Å². The van der Waals surface area contributed by atoms with Gasteiger partial charge in [-0.2, -0.15) is 0 Å². The van der Waals surface area contributed by atoms with Crippen molar-refractivity contribution in [3.05, 3.63) is 36.4 Å². The van der Waals surface area contributed by atoms with E-state index in [1.807, 2.05) is 36.8 Å². The second kappa shape index (κ2) is 5.51. The van der Waals surface area contributed by atoms with Gasteiger partial charge in [-0.05, 0) is 32.8 Å². The molecule has 0 bridgehead atoms. The van der Waals surface area contributed by atoms with E-state index >= 15 is 0 Å². The van der Waals surface area contributed by atoms with Gasteiger partial charge < -0.3 is 18.8 Å². The van der Waals surface area contributed by atoms with E-state index in [1.165, 1.54) is 6.33 Å². The molecule has 3 atom stereocenters. The van der Waals surface area contributed by atoms with Gasteiger partial charge in [0.25, 0.3) is 0 Å². The lowest BCUT2D eigenvalue weighted by atomic mass is 9.84. The predicted molar refractivity (Wildman–Crippen MR) is 94.3 cm³/mol. The fourth-order valence-corrected chi connectivity index (χ4v) is 4.57. The van der Waals surface area contributed by atoms with Crippen molar-refractivity contribution in [2.24, 2.45) is 5.41 Å². The Bertz CT molecular complexity index is 836. The first-order chi connectivity index (χ1) is 11.9. The Labute approximate surface area is 151 Å². The minimum Gasteiger partial charge on any atom is -0.384 e. The van der Waals surface area contributed by atoms with Crippen LogP contribution in [0.5, 0.6) is 0 Å². The van der Waals surface area contributed by atoms with Crippen LogP contribution in [0.4, 0.5) is 0 Å². The van der Waals surface area contributed by atoms with Gasteiger partial charge in [-0.1, -0.05) is 17.7 Å². The molecule has 1 aliphatic heterocycles. The van der Waals surface area contributed by atoms with E-state index in [4.69, 9.17) is 25.8 Å². The standard InChI is InChI=1S/C18H22ClN3O3/c1-5-17(10-23-4)7-8-18(15(17)24-16(2,3)25-18)22-9-6-12-13(19)20-11-21-14(12)22/h5-6,9,11,15H,1,7-8,10H2,2-4H3/t15-,17+,18+/m1/s1. The van der Waals surface area contributed by atoms with Crippen molar-refractivity contribution >= 4 is 22.6 Å². The SMILES string of the molecule is C=C[C@@]1(COC)CC[C@]2(n3ccc4c(Cl)ncnc43)OC(C)(C)O[C@H]12. The summed E-state index contributed by atoms with van der Waals surface area (Å²) in [6, 6.07) is 1.92. The second-order valence-corrected chi connectivity index (χ2v) is 7.66. The van der Waals surface area contributed by atoms with Crippen LogP contribution < -0.4 is 0 Å². The lowest BCUT2D eigenvalue weighted by Crippen LogP contribution is -2.45. The van der Waals surface area contributed by atoms with Gasteiger partial charge in [0.1, 0.15) is 23.2 Å². The summed E-state index contributed by atoms with van der Waals surface area (Å²) in [6.07, 6.45) is 6.75. The van der Waals surface area contributed by atoms with Crippen molar-refractivity contribution in [1.82, 2.24) is 14.5 Å². The van der Waals surface area contributed by atoms with Gasteiger partial charge in [0, 0.05) is 18.7 Å². The first-order valence-corrected chi connectivity index (χ1v) is 8.74. The molecule has 25 heavy (non-hydrogen) atoms. The number of hydrogen-bond donors (Lipinski definition) is 0. The average Bonchev–Trinajstić information content (AvgIpc) is 3.19. The first kappa shape index (κ1) is 17.0. The summed E-state index contributed by atoms with van der Waals surface area (Å²) in [5.74, 6) is -0.722. The zero-order valence-electron chi connectivity index (χ0n) is 14.7. The Morgan fingerprint density at radius 2 is 2.24 bits per heavy atom. The van der Waals surface area contributed by atoms with Crippen molar-refractivity contribution in [2.75, 3.05) is 13.7 Å². The molecule has 0 unspecified atom stereocenters. The highest BCUT2D eigenvalue weighted by Gasteiger charge is 2.66. The van der Waals surface area contributed by atoms with Crippen molar-refractivity contribution in [3.63, 3.8) is 0 Å². The number of rotatable bonds is 4. The van der Waals surface area contributed by atoms with E-state index < -0.39 is 11.5 Å². The van der Waals surface area contributed by atoms with Crippen LogP contribution in [-0.2, 0) is 19.9 Å². The molecule has 0 spiro atoms. The predicted octanol–water partition coefficient (Wildman–Crippen LogP) is 3.50. The normalized spacial score (nSPS) is 33.7. The number of nitrogens with zero attached hydrogens (tertiary/aromatic N) is 3. The zero-order chi connectivity index (χ0) is 17.9. The fraction of sp³-hybridized carbons (Fsp3) is 0.556. The Kier molecular flexibility index (Phi) is 3.74. The van der Waals surface area contributed by atoms with E-state index in [1.54, 1.807) is 7.11 Å². The molecule has 2 aromatic rings. The van der Waals surface area contributed by atoms with Gasteiger partial charge in [0.15, 0.2) is 11.5 Å². The van der Waals surface area contributed by atoms with Crippen LogP contribution in [0, 0.1) is 5.41 Å². The molecule has 0 aromatic carbocycles. The third kappa shape index (κ3) is 2.28. The number of fused-ring (bicyclic) bond motifs is 2. The highest BCUT2D eigenvalue weighted by Crippen LogP contribution is 2.58. The van der Waals surface area contributed by atoms with Gasteiger partial charge in [-0.15, -0.1) is 6.58 Å². The van der Waals surface area contributed by atoms with E-state index in [-0.39, 0.29) is 11.5 Å². The summed E-state index contributed by atoms with van der Waals surface area (Å²) in [4.78, 5) is 8.51. The van der Waals surface area contributed by atoms with E-state index in [2.05, 4.69) is 16.5 Å². The molecule has 0 radical (unpaired) electrons. The molecule has 1 aliphatic carbocycles. The molecule has 134 valence electrons. The molecule has 0 amide bonds. The molecule has 0 N–H and O–H groups in total. The second-order valence-electron chi connectivity index (χ2n) is 7.30. The third-order valence-corrected chi connectivity index (χ3v) is 5.67. The van der Waals surface area contributed by atoms with E-state index in [0.717, 1.165) is 23.9 Å². The number of methoxy groups -OCH3 is 1. The van der Waals surface area contributed by atoms with Crippen LogP contribution in [0.25, 0.3) is 11.0 Å². The van der Waals surface area contributed by atoms with Crippen molar-refractivity contribution < 1.29 is 14.2 Å². The van der Waals surface area contributed by atoms with Gasteiger partial charge in [-0.25, -0.2) is 9.97 Å². The number of hydrogen-bond acceptors (Lipinski definition) is 5. The average molecular weight is 364 g/mol. The van der Waals surface area contributed by atoms with Gasteiger partial charge in [0.05, 0.1) is 12.0 Å². The van der Waals surface area contributed by atoms with Crippen LogP contribution in [-0.4, -0.2) is 40.1 Å². The number of halogens is 1. The van der Waals surface area contributed by atoms with Crippen molar-refractivity contribution in [3.8, 4) is 0 Å². The third-order valence-electron chi connectivity index (χ3n) is 5.36. The summed E-state index contributed by atoms with van der Waals surface area (Å²) in [7, 11) is 1.70. The lowest BCUT2D eigenvalue weighted by molar-refractivity contribution is -0.189. The topological polar surface area (TPSA) is 58.4 Å². The van der Waals surface area contributed by atoms with E-state index in [9.17, 15) is 0 Å². The van der Waals surface area contributed by atoms with Crippen LogP contribution >= 0.6 is 11.6 Å². The summed E-state index contributed by atoms with van der Waals surface area (Å²) in [5, 5.41) is 1.23. The fourth-order valence-electron chi connectivity index (χ4n) is 4.38. The highest BCUT2D eigenvalue weighted by molar-refractivity contribution is 6.33. The number of aromatic nitrogens is 3. The molecular weight excluding hydrogens is 342 g/mol. The Morgan fingerprint density at radius 3 is 2.96 bits per heavy atom. The molecule has 2 fully saturated rings. The molecule has 2 aromatic heterocycles. The molecule has 1 saturated carbocycles. The Balaban J connectivity index is 1.91. The van der Waals surface area contributed by atoms with E-state index in [0.29, 0.717) is 11.8 Å². The quantitative estimate of drug-likeness (QED) is 0.614. The molecular formula is C18H22ClN3O3. The van der Waals surface area contributed by atoms with Gasteiger partial charge in [-0.3, -0.25) is 0 Å². The molecule has 3 heterocycles. The zero-order valence-corrected chi connectivity index (χ0v) is 15.4. The maximum atomic E-state index is 6.49. The molecule has 1 saturated heterocycles. The molecule has 7 heteroatoms. The van der Waals surface area contributed by atoms with Gasteiger partial charge >= 0.3 is 0 Å². The minimum absolute atomic E-state index is 0.239. The summed E-state index contributed by atoms with van der Waals surface area (Å²) in [5.41, 5.74) is -0.269. The maximum absolute atomic E-state index is 6.49. The smallest absolute Gasteiger partial charge is 0.176 e. The first-order valence-electron chi connectivity index (χ1n) is 8.36. The molecule has 2 aliphatic rings.